The summed E-state index contributed by atoms with van der Waals surface area (Å²) in [6, 6.07) is 3.32. The van der Waals surface area contributed by atoms with Gasteiger partial charge in [-0.05, 0) is 37.8 Å². The Morgan fingerprint density at radius 2 is 2.11 bits per heavy atom. The summed E-state index contributed by atoms with van der Waals surface area (Å²) in [5.41, 5.74) is 9.10. The Kier molecular flexibility index (Phi) is 2.33. The van der Waals surface area contributed by atoms with Gasteiger partial charge in [-0.25, -0.2) is 9.97 Å². The molecule has 1 aliphatic carbocycles. The van der Waals surface area contributed by atoms with E-state index in [1.54, 1.807) is 0 Å². The molecule has 5 nitrogen and oxygen atoms in total. The molecule has 1 saturated heterocycles. The Labute approximate surface area is 112 Å². The molecule has 5 heteroatoms. The first-order chi connectivity index (χ1) is 9.22. The molecule has 2 aromatic heterocycles. The summed E-state index contributed by atoms with van der Waals surface area (Å²) in [6.45, 7) is 4.31. The summed E-state index contributed by atoms with van der Waals surface area (Å²) in [5, 5.41) is 0. The normalized spacial score (nSPS) is 24.4. The predicted octanol–water partition coefficient (Wildman–Crippen LogP) is 1.73. The molecule has 0 spiro atoms. The second-order valence-corrected chi connectivity index (χ2v) is 5.86. The molecule has 2 aliphatic rings. The van der Waals surface area contributed by atoms with Crippen LogP contribution < -0.4 is 5.73 Å². The molecule has 100 valence electrons. The van der Waals surface area contributed by atoms with Crippen molar-refractivity contribution in [3.05, 3.63) is 17.8 Å². The highest BCUT2D eigenvalue weighted by atomic mass is 15.3. The van der Waals surface area contributed by atoms with Crippen molar-refractivity contribution in [1.82, 2.24) is 19.4 Å². The van der Waals surface area contributed by atoms with Crippen LogP contribution in [0.1, 0.15) is 30.9 Å². The van der Waals surface area contributed by atoms with Crippen molar-refractivity contribution in [2.45, 2.75) is 38.3 Å². The molecule has 2 fully saturated rings. The van der Waals surface area contributed by atoms with Gasteiger partial charge in [0.05, 0.1) is 6.04 Å². The first kappa shape index (κ1) is 11.2. The molecule has 4 rings (SSSR count). The lowest BCUT2D eigenvalue weighted by Crippen LogP contribution is -2.24. The molecular weight excluding hydrogens is 238 g/mol. The van der Waals surface area contributed by atoms with E-state index >= 15 is 0 Å². The molecule has 1 saturated carbocycles. The van der Waals surface area contributed by atoms with E-state index in [1.807, 2.05) is 13.1 Å². The number of hydrogen-bond donors (Lipinski definition) is 1. The lowest BCUT2D eigenvalue weighted by Gasteiger charge is -2.16. The van der Waals surface area contributed by atoms with Gasteiger partial charge in [0, 0.05) is 25.3 Å². The van der Waals surface area contributed by atoms with Gasteiger partial charge in [0.1, 0.15) is 5.52 Å². The maximum absolute atomic E-state index is 6.11. The summed E-state index contributed by atoms with van der Waals surface area (Å²) in [7, 11) is 0. The lowest BCUT2D eigenvalue weighted by atomic mass is 10.2. The number of pyridine rings is 1. The van der Waals surface area contributed by atoms with Crippen molar-refractivity contribution < 1.29 is 0 Å². The van der Waals surface area contributed by atoms with E-state index in [2.05, 4.69) is 25.5 Å². The Hall–Kier alpha value is -1.62. The van der Waals surface area contributed by atoms with Crippen LogP contribution in [0.5, 0.6) is 0 Å². The van der Waals surface area contributed by atoms with Gasteiger partial charge in [0.15, 0.2) is 5.65 Å². The third-order valence-electron chi connectivity index (χ3n) is 4.32. The SMILES string of the molecule is Cc1cnc2c(c1)nc(N)n2C1CCN(C2CC2)C1. The summed E-state index contributed by atoms with van der Waals surface area (Å²) >= 11 is 0. The number of imidazole rings is 1. The van der Waals surface area contributed by atoms with E-state index in [9.17, 15) is 0 Å². The van der Waals surface area contributed by atoms with Crippen molar-refractivity contribution >= 4 is 17.1 Å². The third-order valence-corrected chi connectivity index (χ3v) is 4.32. The fourth-order valence-electron chi connectivity index (χ4n) is 3.21. The van der Waals surface area contributed by atoms with Crippen LogP contribution in [0, 0.1) is 6.92 Å². The van der Waals surface area contributed by atoms with Crippen LogP contribution in [0.15, 0.2) is 12.3 Å². The zero-order chi connectivity index (χ0) is 13.0. The predicted molar refractivity (Wildman–Crippen MR) is 74.9 cm³/mol. The number of nitrogen functional groups attached to an aromatic ring is 1. The molecular formula is C14H19N5. The molecule has 1 atom stereocenters. The Bertz CT molecular complexity index is 628. The average molecular weight is 257 g/mol. The number of hydrogen-bond acceptors (Lipinski definition) is 4. The Morgan fingerprint density at radius 1 is 1.26 bits per heavy atom. The largest absolute Gasteiger partial charge is 0.369 e. The van der Waals surface area contributed by atoms with Crippen molar-refractivity contribution in [2.75, 3.05) is 18.8 Å². The minimum absolute atomic E-state index is 0.431. The van der Waals surface area contributed by atoms with Crippen molar-refractivity contribution in [3.8, 4) is 0 Å². The maximum Gasteiger partial charge on any atom is 0.202 e. The Morgan fingerprint density at radius 3 is 2.89 bits per heavy atom. The molecule has 0 radical (unpaired) electrons. The number of rotatable bonds is 2. The smallest absolute Gasteiger partial charge is 0.202 e. The fraction of sp³-hybridized carbons (Fsp3) is 0.571. The number of nitrogens with two attached hydrogens (primary N) is 1. The van der Waals surface area contributed by atoms with E-state index in [0.717, 1.165) is 35.7 Å². The first-order valence-electron chi connectivity index (χ1n) is 7.06. The molecule has 1 unspecified atom stereocenters. The quantitative estimate of drug-likeness (QED) is 0.890. The second kappa shape index (κ2) is 3.93. The zero-order valence-corrected chi connectivity index (χ0v) is 11.2. The highest BCUT2D eigenvalue weighted by molar-refractivity contribution is 5.74. The maximum atomic E-state index is 6.11. The van der Waals surface area contributed by atoms with Gasteiger partial charge < -0.3 is 5.73 Å². The number of fused-ring (bicyclic) bond motifs is 1. The topological polar surface area (TPSA) is 60.0 Å². The minimum Gasteiger partial charge on any atom is -0.369 e. The number of anilines is 1. The van der Waals surface area contributed by atoms with Crippen LogP contribution in [0.4, 0.5) is 5.95 Å². The number of aromatic nitrogens is 3. The average Bonchev–Trinajstić information content (AvgIpc) is 3.02. The molecule has 1 aliphatic heterocycles. The standard InChI is InChI=1S/C14H19N5/c1-9-6-12-13(16-7-9)19(14(15)17-12)11-4-5-18(8-11)10-2-3-10/h6-7,10-11H,2-5,8H2,1H3,(H2,15,17). The number of aryl methyl sites for hydroxylation is 1. The van der Waals surface area contributed by atoms with E-state index in [1.165, 1.54) is 19.4 Å². The molecule has 3 heterocycles. The van der Waals surface area contributed by atoms with Crippen LogP contribution in [-0.4, -0.2) is 38.6 Å². The van der Waals surface area contributed by atoms with Crippen molar-refractivity contribution in [1.29, 1.82) is 0 Å². The Balaban J connectivity index is 1.72. The van der Waals surface area contributed by atoms with Crippen LogP contribution in [0.2, 0.25) is 0 Å². The van der Waals surface area contributed by atoms with E-state index < -0.39 is 0 Å². The molecule has 2 aromatic rings. The van der Waals surface area contributed by atoms with Crippen LogP contribution >= 0.6 is 0 Å². The highest BCUT2D eigenvalue weighted by Gasteiger charge is 2.36. The molecule has 0 amide bonds. The molecule has 2 N–H and O–H groups in total. The molecule has 0 aromatic carbocycles. The summed E-state index contributed by atoms with van der Waals surface area (Å²) in [6.07, 6.45) is 5.78. The van der Waals surface area contributed by atoms with Crippen LogP contribution in [-0.2, 0) is 0 Å². The van der Waals surface area contributed by atoms with Crippen LogP contribution in [0.3, 0.4) is 0 Å². The van der Waals surface area contributed by atoms with Gasteiger partial charge in [-0.15, -0.1) is 0 Å². The first-order valence-corrected chi connectivity index (χ1v) is 7.06. The number of likely N-dealkylation sites (tertiary alicyclic amines) is 1. The summed E-state index contributed by atoms with van der Waals surface area (Å²) < 4.78 is 2.14. The van der Waals surface area contributed by atoms with E-state index in [4.69, 9.17) is 5.73 Å². The van der Waals surface area contributed by atoms with Gasteiger partial charge >= 0.3 is 0 Å². The van der Waals surface area contributed by atoms with Gasteiger partial charge in [-0.3, -0.25) is 9.47 Å². The molecule has 19 heavy (non-hydrogen) atoms. The summed E-state index contributed by atoms with van der Waals surface area (Å²) in [5.74, 6) is 0.607. The van der Waals surface area contributed by atoms with Gasteiger partial charge in [0.2, 0.25) is 5.95 Å². The minimum atomic E-state index is 0.431. The van der Waals surface area contributed by atoms with Gasteiger partial charge in [-0.2, -0.15) is 0 Å². The monoisotopic (exact) mass is 257 g/mol. The molecule has 0 bridgehead atoms. The summed E-state index contributed by atoms with van der Waals surface area (Å²) in [4.78, 5) is 11.6. The second-order valence-electron chi connectivity index (χ2n) is 5.86. The van der Waals surface area contributed by atoms with E-state index in [-0.39, 0.29) is 0 Å². The highest BCUT2D eigenvalue weighted by Crippen LogP contribution is 2.35. The van der Waals surface area contributed by atoms with Gasteiger partial charge in [0.25, 0.3) is 0 Å². The van der Waals surface area contributed by atoms with E-state index in [0.29, 0.717) is 12.0 Å². The van der Waals surface area contributed by atoms with Crippen molar-refractivity contribution in [3.63, 3.8) is 0 Å². The lowest BCUT2D eigenvalue weighted by molar-refractivity contribution is 0.315. The fourth-order valence-corrected chi connectivity index (χ4v) is 3.21. The van der Waals surface area contributed by atoms with Gasteiger partial charge in [-0.1, -0.05) is 0 Å². The third kappa shape index (κ3) is 1.80. The zero-order valence-electron chi connectivity index (χ0n) is 11.2. The number of nitrogens with zero attached hydrogens (tertiary/aromatic N) is 4. The van der Waals surface area contributed by atoms with Crippen molar-refractivity contribution in [2.24, 2.45) is 0 Å². The van der Waals surface area contributed by atoms with Crippen LogP contribution in [0.25, 0.3) is 11.2 Å².